The van der Waals surface area contributed by atoms with Crippen LogP contribution in [0.1, 0.15) is 43.1 Å². The normalized spacial score (nSPS) is 14.8. The molecular weight excluding hydrogens is 488 g/mol. The first-order valence-electron chi connectivity index (χ1n) is 11.2. The molecular formula is C24H29BrN4O2S. The van der Waals surface area contributed by atoms with Crippen LogP contribution in [-0.4, -0.2) is 55.2 Å². The lowest BCUT2D eigenvalue weighted by molar-refractivity contribution is -0.137. The second-order valence-corrected chi connectivity index (χ2v) is 10.3. The van der Waals surface area contributed by atoms with E-state index in [4.69, 9.17) is 10.2 Å². The van der Waals surface area contributed by atoms with Crippen LogP contribution in [0.2, 0.25) is 0 Å². The van der Waals surface area contributed by atoms with Gasteiger partial charge in [-0.25, -0.2) is 4.52 Å². The Bertz CT molecular complexity index is 1100. The summed E-state index contributed by atoms with van der Waals surface area (Å²) in [7, 11) is 0. The number of aromatic nitrogens is 3. The topological polar surface area (TPSA) is 70.7 Å². The molecule has 32 heavy (non-hydrogen) atoms. The summed E-state index contributed by atoms with van der Waals surface area (Å²) in [5, 5.41) is 14.2. The Kier molecular flexibility index (Phi) is 7.86. The Hall–Kier alpha value is -1.90. The van der Waals surface area contributed by atoms with Crippen molar-refractivity contribution in [1.82, 2.24) is 19.5 Å². The third-order valence-electron chi connectivity index (χ3n) is 5.96. The zero-order valence-electron chi connectivity index (χ0n) is 18.4. The standard InChI is InChI=1S/C24H29BrN4O2S/c1-2-19-7-8-22-24(17-13-18(25)15-26-14-17)20(5-3-4-6-23(30)31)21(27-29(19)22)16-28-9-11-32-12-10-28/h7-8,13-15H,2-6,9-12,16H2,1H3,(H,30,31). The van der Waals surface area contributed by atoms with Gasteiger partial charge in [0, 0.05) is 71.2 Å². The van der Waals surface area contributed by atoms with E-state index in [0.717, 1.165) is 71.6 Å². The average molecular weight is 517 g/mol. The molecule has 0 aliphatic carbocycles. The molecule has 0 saturated carbocycles. The van der Waals surface area contributed by atoms with Crippen molar-refractivity contribution in [3.05, 3.63) is 52.0 Å². The number of aryl methyl sites for hydroxylation is 1. The molecule has 1 saturated heterocycles. The average Bonchev–Trinajstić information content (AvgIpc) is 3.19. The number of hydrogen-bond donors (Lipinski definition) is 1. The maximum Gasteiger partial charge on any atom is 0.303 e. The maximum absolute atomic E-state index is 11.0. The second-order valence-electron chi connectivity index (χ2n) is 8.16. The van der Waals surface area contributed by atoms with E-state index in [2.05, 4.69) is 55.5 Å². The van der Waals surface area contributed by atoms with E-state index in [9.17, 15) is 4.79 Å². The van der Waals surface area contributed by atoms with Crippen LogP contribution in [-0.2, 0) is 24.2 Å². The Balaban J connectivity index is 1.83. The smallest absolute Gasteiger partial charge is 0.303 e. The minimum Gasteiger partial charge on any atom is -0.481 e. The van der Waals surface area contributed by atoms with Crippen LogP contribution in [0.25, 0.3) is 16.6 Å². The minimum atomic E-state index is -0.736. The molecule has 0 bridgehead atoms. The lowest BCUT2D eigenvalue weighted by Gasteiger charge is -2.27. The molecule has 0 aromatic carbocycles. The largest absolute Gasteiger partial charge is 0.481 e. The van der Waals surface area contributed by atoms with Crippen LogP contribution in [0, 0.1) is 0 Å². The SMILES string of the molecule is CCc1ccc2c(-c3cncc(Br)c3)c(CCCCC(=O)O)c(CN3CCSCC3)nn12. The molecule has 4 heterocycles. The highest BCUT2D eigenvalue weighted by molar-refractivity contribution is 9.10. The molecule has 1 N–H and O–H groups in total. The fourth-order valence-corrected chi connectivity index (χ4v) is 5.69. The molecule has 6 nitrogen and oxygen atoms in total. The van der Waals surface area contributed by atoms with Crippen molar-refractivity contribution in [2.75, 3.05) is 24.6 Å². The molecule has 0 unspecified atom stereocenters. The van der Waals surface area contributed by atoms with Gasteiger partial charge >= 0.3 is 5.97 Å². The number of carboxylic acid groups (broad SMARTS) is 1. The second kappa shape index (κ2) is 10.8. The summed E-state index contributed by atoms with van der Waals surface area (Å²) in [5.74, 6) is 1.57. The Labute approximate surface area is 201 Å². The van der Waals surface area contributed by atoms with Crippen LogP contribution in [0.15, 0.2) is 35.1 Å². The van der Waals surface area contributed by atoms with Gasteiger partial charge in [0.15, 0.2) is 0 Å². The van der Waals surface area contributed by atoms with E-state index in [1.165, 1.54) is 16.8 Å². The van der Waals surface area contributed by atoms with Crippen molar-refractivity contribution in [3.8, 4) is 11.1 Å². The molecule has 3 aromatic rings. The van der Waals surface area contributed by atoms with Crippen molar-refractivity contribution in [1.29, 1.82) is 0 Å². The summed E-state index contributed by atoms with van der Waals surface area (Å²) in [4.78, 5) is 18.0. The summed E-state index contributed by atoms with van der Waals surface area (Å²) < 4.78 is 3.05. The van der Waals surface area contributed by atoms with Crippen LogP contribution >= 0.6 is 27.7 Å². The van der Waals surface area contributed by atoms with Crippen molar-refractivity contribution >= 4 is 39.2 Å². The number of thioether (sulfide) groups is 1. The number of halogens is 1. The monoisotopic (exact) mass is 516 g/mol. The van der Waals surface area contributed by atoms with Crippen LogP contribution < -0.4 is 0 Å². The molecule has 1 aliphatic heterocycles. The number of hydrogen-bond acceptors (Lipinski definition) is 5. The minimum absolute atomic E-state index is 0.202. The van der Waals surface area contributed by atoms with Gasteiger partial charge in [0.25, 0.3) is 0 Å². The van der Waals surface area contributed by atoms with E-state index in [1.54, 1.807) is 6.20 Å². The molecule has 170 valence electrons. The molecule has 1 aliphatic rings. The predicted octanol–water partition coefficient (Wildman–Crippen LogP) is 5.07. The van der Waals surface area contributed by atoms with Crippen LogP contribution in [0.5, 0.6) is 0 Å². The third-order valence-corrected chi connectivity index (χ3v) is 7.34. The van der Waals surface area contributed by atoms with Gasteiger partial charge in [-0.15, -0.1) is 0 Å². The first-order valence-corrected chi connectivity index (χ1v) is 13.2. The highest BCUT2D eigenvalue weighted by Crippen LogP contribution is 2.34. The third kappa shape index (κ3) is 5.35. The quantitative estimate of drug-likeness (QED) is 0.400. The molecule has 0 atom stereocenters. The van der Waals surface area contributed by atoms with Gasteiger partial charge in [0.1, 0.15) is 0 Å². The zero-order valence-corrected chi connectivity index (χ0v) is 20.8. The van der Waals surface area contributed by atoms with Gasteiger partial charge in [0.2, 0.25) is 0 Å². The van der Waals surface area contributed by atoms with Crippen LogP contribution in [0.4, 0.5) is 0 Å². The lowest BCUT2D eigenvalue weighted by atomic mass is 9.95. The fraction of sp³-hybridized carbons (Fsp3) is 0.458. The van der Waals surface area contributed by atoms with Gasteiger partial charge in [-0.2, -0.15) is 16.9 Å². The number of rotatable bonds is 9. The van der Waals surface area contributed by atoms with E-state index in [1.807, 2.05) is 18.0 Å². The first-order chi connectivity index (χ1) is 15.6. The van der Waals surface area contributed by atoms with Crippen molar-refractivity contribution in [2.24, 2.45) is 0 Å². The van der Waals surface area contributed by atoms with Gasteiger partial charge < -0.3 is 5.11 Å². The Morgan fingerprint density at radius 1 is 1.22 bits per heavy atom. The first kappa shape index (κ1) is 23.3. The summed E-state index contributed by atoms with van der Waals surface area (Å²) in [5.41, 5.74) is 6.84. The van der Waals surface area contributed by atoms with Crippen molar-refractivity contribution in [2.45, 2.75) is 45.6 Å². The molecule has 0 amide bonds. The molecule has 3 aromatic heterocycles. The summed E-state index contributed by atoms with van der Waals surface area (Å²) in [6.07, 6.45) is 7.13. The number of carboxylic acids is 1. The Morgan fingerprint density at radius 3 is 2.75 bits per heavy atom. The molecule has 4 rings (SSSR count). The van der Waals surface area contributed by atoms with Gasteiger partial charge in [-0.1, -0.05) is 6.92 Å². The summed E-state index contributed by atoms with van der Waals surface area (Å²) >= 11 is 5.59. The van der Waals surface area contributed by atoms with E-state index in [0.29, 0.717) is 6.42 Å². The van der Waals surface area contributed by atoms with E-state index < -0.39 is 5.97 Å². The van der Waals surface area contributed by atoms with Gasteiger partial charge in [0.05, 0.1) is 11.2 Å². The number of fused-ring (bicyclic) bond motifs is 1. The number of nitrogens with zero attached hydrogens (tertiary/aromatic N) is 4. The van der Waals surface area contributed by atoms with Crippen molar-refractivity contribution in [3.63, 3.8) is 0 Å². The lowest BCUT2D eigenvalue weighted by Crippen LogP contribution is -2.33. The predicted molar refractivity (Wildman–Crippen MR) is 133 cm³/mol. The molecule has 0 radical (unpaired) electrons. The molecule has 8 heteroatoms. The molecule has 1 fully saturated rings. The Morgan fingerprint density at radius 2 is 2.03 bits per heavy atom. The highest BCUT2D eigenvalue weighted by atomic mass is 79.9. The number of carbonyl (C=O) groups is 1. The fourth-order valence-electron chi connectivity index (χ4n) is 4.34. The van der Waals surface area contributed by atoms with Crippen molar-refractivity contribution < 1.29 is 9.90 Å². The maximum atomic E-state index is 11.0. The number of unbranched alkanes of at least 4 members (excludes halogenated alkanes) is 1. The molecule has 0 spiro atoms. The van der Waals surface area contributed by atoms with E-state index >= 15 is 0 Å². The number of aliphatic carboxylic acids is 1. The number of pyridine rings is 1. The van der Waals surface area contributed by atoms with Gasteiger partial charge in [-0.3, -0.25) is 14.7 Å². The van der Waals surface area contributed by atoms with Crippen LogP contribution in [0.3, 0.4) is 0 Å². The summed E-state index contributed by atoms with van der Waals surface area (Å²) in [6, 6.07) is 6.43. The highest BCUT2D eigenvalue weighted by Gasteiger charge is 2.21. The zero-order chi connectivity index (χ0) is 22.5. The summed E-state index contributed by atoms with van der Waals surface area (Å²) in [6.45, 7) is 5.12. The van der Waals surface area contributed by atoms with Gasteiger partial charge in [-0.05, 0) is 65.4 Å². The van der Waals surface area contributed by atoms with E-state index in [-0.39, 0.29) is 6.42 Å².